The minimum Gasteiger partial charge on any atom is -0.481 e. The average molecular weight is 336 g/mol. The van der Waals surface area contributed by atoms with Crippen LogP contribution in [-0.2, 0) is 9.53 Å². The van der Waals surface area contributed by atoms with Crippen molar-refractivity contribution >= 4 is 12.0 Å². The van der Waals surface area contributed by atoms with Gasteiger partial charge < -0.3 is 20.1 Å². The lowest BCUT2D eigenvalue weighted by molar-refractivity contribution is -0.149. The molecule has 24 heavy (non-hydrogen) atoms. The van der Waals surface area contributed by atoms with E-state index in [9.17, 15) is 14.7 Å². The van der Waals surface area contributed by atoms with Gasteiger partial charge in [0.1, 0.15) is 0 Å². The van der Waals surface area contributed by atoms with E-state index in [-0.39, 0.29) is 23.4 Å². The van der Waals surface area contributed by atoms with Crippen molar-refractivity contribution in [3.05, 3.63) is 0 Å². The third kappa shape index (κ3) is 2.41. The molecule has 0 aromatic carbocycles. The van der Waals surface area contributed by atoms with Crippen LogP contribution in [0.4, 0.5) is 4.79 Å². The summed E-state index contributed by atoms with van der Waals surface area (Å²) in [5.74, 6) is -0.594. The van der Waals surface area contributed by atoms with E-state index in [0.717, 1.165) is 51.7 Å². The number of carboxylic acid groups (broad SMARTS) is 1. The van der Waals surface area contributed by atoms with Crippen LogP contribution in [0.15, 0.2) is 0 Å². The summed E-state index contributed by atoms with van der Waals surface area (Å²) >= 11 is 0. The molecule has 1 spiro atoms. The van der Waals surface area contributed by atoms with Gasteiger partial charge in [-0.1, -0.05) is 12.8 Å². The van der Waals surface area contributed by atoms with Crippen molar-refractivity contribution in [3.63, 3.8) is 0 Å². The molecule has 0 bridgehead atoms. The van der Waals surface area contributed by atoms with Crippen LogP contribution in [0.3, 0.4) is 0 Å². The zero-order valence-corrected chi connectivity index (χ0v) is 14.3. The number of likely N-dealkylation sites (tertiary alicyclic amines) is 1. The van der Waals surface area contributed by atoms with E-state index in [1.54, 1.807) is 4.90 Å². The third-order valence-corrected chi connectivity index (χ3v) is 7.28. The molecule has 2 aliphatic heterocycles. The first-order valence-corrected chi connectivity index (χ1v) is 9.42. The second kappa shape index (κ2) is 5.90. The Bertz CT molecular complexity index is 531. The van der Waals surface area contributed by atoms with Gasteiger partial charge in [-0.25, -0.2) is 4.79 Å². The zero-order chi connectivity index (χ0) is 16.8. The fourth-order valence-electron chi connectivity index (χ4n) is 5.77. The predicted octanol–water partition coefficient (Wildman–Crippen LogP) is 2.23. The molecule has 4 rings (SSSR count). The van der Waals surface area contributed by atoms with Crippen molar-refractivity contribution in [2.24, 2.45) is 16.7 Å². The second-order valence-corrected chi connectivity index (χ2v) is 8.30. The first kappa shape index (κ1) is 16.2. The number of ether oxygens (including phenoxy) is 1. The van der Waals surface area contributed by atoms with Gasteiger partial charge in [0.15, 0.2) is 0 Å². The number of aliphatic carboxylic acids is 1. The highest BCUT2D eigenvalue weighted by Gasteiger charge is 2.56. The van der Waals surface area contributed by atoms with Crippen molar-refractivity contribution in [1.82, 2.24) is 10.2 Å². The zero-order valence-electron chi connectivity index (χ0n) is 14.3. The lowest BCUT2D eigenvalue weighted by atomic mass is 9.75. The number of nitrogens with zero attached hydrogens (tertiary/aromatic N) is 1. The molecule has 2 N–H and O–H groups in total. The predicted molar refractivity (Wildman–Crippen MR) is 87.6 cm³/mol. The van der Waals surface area contributed by atoms with Gasteiger partial charge in [-0.15, -0.1) is 0 Å². The normalized spacial score (nSPS) is 37.6. The Balaban J connectivity index is 1.43. The number of carboxylic acids is 1. The summed E-state index contributed by atoms with van der Waals surface area (Å²) < 4.78 is 5.51. The van der Waals surface area contributed by atoms with Crippen molar-refractivity contribution < 1.29 is 19.4 Å². The van der Waals surface area contributed by atoms with Gasteiger partial charge in [0, 0.05) is 32.3 Å². The summed E-state index contributed by atoms with van der Waals surface area (Å²) in [6.07, 6.45) is 8.03. The number of hydrogen-bond donors (Lipinski definition) is 2. The number of carbonyl (C=O) groups excluding carboxylic acids is 1. The van der Waals surface area contributed by atoms with Gasteiger partial charge in [-0.05, 0) is 49.9 Å². The fourth-order valence-corrected chi connectivity index (χ4v) is 5.77. The maximum Gasteiger partial charge on any atom is 0.317 e. The Labute approximate surface area is 142 Å². The number of amides is 2. The lowest BCUT2D eigenvalue weighted by Crippen LogP contribution is -2.51. The minimum absolute atomic E-state index is 0.0530. The topological polar surface area (TPSA) is 78.9 Å². The molecule has 2 amide bonds. The van der Waals surface area contributed by atoms with E-state index >= 15 is 0 Å². The van der Waals surface area contributed by atoms with Gasteiger partial charge in [0.2, 0.25) is 0 Å². The summed E-state index contributed by atoms with van der Waals surface area (Å²) in [4.78, 5) is 26.4. The molecule has 4 aliphatic rings. The number of hydrogen-bond acceptors (Lipinski definition) is 3. The number of nitrogens with one attached hydrogen (secondary N) is 1. The molecular weight excluding hydrogens is 308 g/mol. The molecule has 4 fully saturated rings. The van der Waals surface area contributed by atoms with Gasteiger partial charge >= 0.3 is 12.0 Å². The van der Waals surface area contributed by atoms with Crippen LogP contribution in [0.2, 0.25) is 0 Å². The Morgan fingerprint density at radius 2 is 1.83 bits per heavy atom. The largest absolute Gasteiger partial charge is 0.481 e. The monoisotopic (exact) mass is 336 g/mol. The van der Waals surface area contributed by atoms with Crippen molar-refractivity contribution in [2.75, 3.05) is 26.3 Å². The summed E-state index contributed by atoms with van der Waals surface area (Å²) in [6, 6.07) is 0.165. The molecule has 2 saturated carbocycles. The molecule has 6 heteroatoms. The molecule has 0 aromatic heterocycles. The van der Waals surface area contributed by atoms with E-state index in [1.165, 1.54) is 6.42 Å². The molecule has 0 aromatic rings. The van der Waals surface area contributed by atoms with Gasteiger partial charge in [0.05, 0.1) is 5.41 Å². The molecule has 0 radical (unpaired) electrons. The van der Waals surface area contributed by atoms with Crippen molar-refractivity contribution in [1.29, 1.82) is 0 Å². The lowest BCUT2D eigenvalue weighted by Gasteiger charge is -2.39. The number of urea groups is 1. The van der Waals surface area contributed by atoms with Crippen LogP contribution in [0.1, 0.15) is 51.4 Å². The number of fused-ring (bicyclic) bond motifs is 1. The smallest absolute Gasteiger partial charge is 0.317 e. The third-order valence-electron chi connectivity index (χ3n) is 7.28. The first-order valence-electron chi connectivity index (χ1n) is 9.42. The van der Waals surface area contributed by atoms with Crippen molar-refractivity contribution in [2.45, 2.75) is 57.4 Å². The quantitative estimate of drug-likeness (QED) is 0.810. The number of rotatable bonds is 2. The summed E-state index contributed by atoms with van der Waals surface area (Å²) in [5.41, 5.74) is -0.489. The highest BCUT2D eigenvalue weighted by molar-refractivity contribution is 5.80. The Morgan fingerprint density at radius 3 is 2.54 bits per heavy atom. The Kier molecular flexibility index (Phi) is 3.98. The van der Waals surface area contributed by atoms with Crippen molar-refractivity contribution in [3.8, 4) is 0 Å². The molecule has 6 nitrogen and oxygen atoms in total. The Hall–Kier alpha value is -1.30. The Morgan fingerprint density at radius 1 is 1.08 bits per heavy atom. The van der Waals surface area contributed by atoms with E-state index in [0.29, 0.717) is 19.5 Å². The standard InChI is InChI=1S/C18H28N2O4/c21-15(22)18-6-1-3-13(18)11-20(12-18)16(23)19-14-4-2-5-17(14)7-9-24-10-8-17/h13-14H,1-12H2,(H,19,23)(H,21,22)/t13-,14?,18+/m0/s1. The minimum atomic E-state index is -0.720. The first-order chi connectivity index (χ1) is 11.6. The summed E-state index contributed by atoms with van der Waals surface area (Å²) in [7, 11) is 0. The van der Waals surface area contributed by atoms with E-state index in [2.05, 4.69) is 5.32 Å². The maximum absolute atomic E-state index is 12.8. The molecule has 2 saturated heterocycles. The molecule has 3 atom stereocenters. The van der Waals surface area contributed by atoms with E-state index < -0.39 is 11.4 Å². The average Bonchev–Trinajstić information content (AvgIpc) is 3.22. The molecular formula is C18H28N2O4. The second-order valence-electron chi connectivity index (χ2n) is 8.30. The highest BCUT2D eigenvalue weighted by Crippen LogP contribution is 2.49. The van der Waals surface area contributed by atoms with E-state index in [4.69, 9.17) is 4.74 Å². The van der Waals surface area contributed by atoms with Gasteiger partial charge in [-0.2, -0.15) is 0 Å². The van der Waals surface area contributed by atoms with Gasteiger partial charge in [-0.3, -0.25) is 4.79 Å². The molecule has 134 valence electrons. The summed E-state index contributed by atoms with van der Waals surface area (Å²) in [5, 5.41) is 12.9. The SMILES string of the molecule is O=C(NC1CCCC12CCOCC2)N1C[C@@H]2CCC[C@@]2(C(=O)O)C1. The number of carbonyl (C=O) groups is 2. The van der Waals surface area contributed by atoms with Crippen LogP contribution in [0, 0.1) is 16.7 Å². The van der Waals surface area contributed by atoms with Crippen LogP contribution in [-0.4, -0.2) is 54.4 Å². The van der Waals surface area contributed by atoms with Crippen LogP contribution in [0.25, 0.3) is 0 Å². The van der Waals surface area contributed by atoms with E-state index in [1.807, 2.05) is 0 Å². The van der Waals surface area contributed by atoms with Gasteiger partial charge in [0.25, 0.3) is 0 Å². The molecule has 2 aliphatic carbocycles. The molecule has 2 heterocycles. The maximum atomic E-state index is 12.8. The fraction of sp³-hybridized carbons (Fsp3) is 0.889. The van der Waals surface area contributed by atoms with Crippen LogP contribution < -0.4 is 5.32 Å². The van der Waals surface area contributed by atoms with Crippen LogP contribution in [0.5, 0.6) is 0 Å². The summed E-state index contributed by atoms with van der Waals surface area (Å²) in [6.45, 7) is 2.56. The molecule has 1 unspecified atom stereocenters. The highest BCUT2D eigenvalue weighted by atomic mass is 16.5. The van der Waals surface area contributed by atoms with Crippen LogP contribution >= 0.6 is 0 Å².